The average molecular weight is 364 g/mol. The van der Waals surface area contributed by atoms with E-state index in [1.807, 2.05) is 14.0 Å². The molecule has 0 saturated carbocycles. The van der Waals surface area contributed by atoms with Gasteiger partial charge in [-0.15, -0.1) is 0 Å². The predicted octanol–water partition coefficient (Wildman–Crippen LogP) is 2.39. The number of halogens is 3. The number of aryl methyl sites for hydroxylation is 1. The third-order valence-corrected chi connectivity index (χ3v) is 3.53. The van der Waals surface area contributed by atoms with Crippen LogP contribution in [0.5, 0.6) is 0 Å². The Kier molecular flexibility index (Phi) is 4.69. The molecule has 0 atom stereocenters. The molecule has 0 radical (unpaired) electrons. The van der Waals surface area contributed by atoms with E-state index in [4.69, 9.17) is 0 Å². The fourth-order valence-corrected chi connectivity index (χ4v) is 2.19. The molecule has 0 unspecified atom stereocenters. The van der Waals surface area contributed by atoms with Crippen LogP contribution >= 0.6 is 0 Å². The normalized spacial score (nSPS) is 12.0. The molecule has 3 rings (SSSR count). The minimum absolute atomic E-state index is 0.247. The molecule has 136 valence electrons. The summed E-state index contributed by atoms with van der Waals surface area (Å²) >= 11 is 0. The third kappa shape index (κ3) is 4.23. The van der Waals surface area contributed by atoms with Crippen LogP contribution in [-0.2, 0) is 13.6 Å². The summed E-state index contributed by atoms with van der Waals surface area (Å²) in [7, 11) is 1.83. The number of hydrogen-bond donors (Lipinski definition) is 1. The van der Waals surface area contributed by atoms with Gasteiger partial charge in [0.1, 0.15) is 12.2 Å². The number of anilines is 1. The molecule has 8 nitrogen and oxygen atoms in total. The first-order chi connectivity index (χ1) is 12.3. The first kappa shape index (κ1) is 17.6. The molecule has 0 aliphatic heterocycles. The molecule has 0 fully saturated rings. The van der Waals surface area contributed by atoms with E-state index in [9.17, 15) is 13.2 Å². The highest BCUT2D eigenvalue weighted by atomic mass is 19.4. The van der Waals surface area contributed by atoms with Crippen molar-refractivity contribution in [3.05, 3.63) is 42.1 Å². The molecule has 1 N–H and O–H groups in total. The zero-order chi connectivity index (χ0) is 18.7. The van der Waals surface area contributed by atoms with Crippen LogP contribution in [0.1, 0.15) is 11.4 Å². The van der Waals surface area contributed by atoms with Gasteiger partial charge in [-0.3, -0.25) is 9.36 Å². The Morgan fingerprint density at radius 2 is 2.12 bits per heavy atom. The molecule has 0 aromatic carbocycles. The number of nitrogens with one attached hydrogen (secondary N) is 1. The van der Waals surface area contributed by atoms with Crippen molar-refractivity contribution in [2.24, 2.45) is 12.1 Å². The maximum atomic E-state index is 12.3. The fourth-order valence-electron chi connectivity index (χ4n) is 2.19. The molecule has 0 saturated heterocycles. The van der Waals surface area contributed by atoms with Crippen molar-refractivity contribution >= 4 is 12.2 Å². The van der Waals surface area contributed by atoms with Crippen LogP contribution in [0.25, 0.3) is 11.3 Å². The van der Waals surface area contributed by atoms with Gasteiger partial charge < -0.3 is 0 Å². The van der Waals surface area contributed by atoms with Gasteiger partial charge in [0.2, 0.25) is 5.95 Å². The van der Waals surface area contributed by atoms with Crippen LogP contribution in [-0.4, -0.2) is 41.9 Å². The van der Waals surface area contributed by atoms with Gasteiger partial charge in [0.25, 0.3) is 0 Å². The number of aromatic nitrogens is 6. The summed E-state index contributed by atoms with van der Waals surface area (Å²) in [5.41, 5.74) is 5.41. The smallest absolute Gasteiger partial charge is 0.272 e. The van der Waals surface area contributed by atoms with Gasteiger partial charge in [0.05, 0.1) is 18.1 Å². The van der Waals surface area contributed by atoms with Crippen molar-refractivity contribution in [2.75, 3.05) is 5.43 Å². The van der Waals surface area contributed by atoms with E-state index < -0.39 is 12.7 Å². The summed E-state index contributed by atoms with van der Waals surface area (Å²) < 4.78 is 39.4. The largest absolute Gasteiger partial charge is 0.408 e. The number of alkyl halides is 3. The quantitative estimate of drug-likeness (QED) is 0.555. The molecule has 0 aliphatic rings. The summed E-state index contributed by atoms with van der Waals surface area (Å²) in [6.07, 6.45) is 1.48. The van der Waals surface area contributed by atoms with Crippen LogP contribution in [0.4, 0.5) is 19.1 Å². The topological polar surface area (TPSA) is 85.8 Å². The van der Waals surface area contributed by atoms with E-state index in [2.05, 4.69) is 30.7 Å². The van der Waals surface area contributed by atoms with Crippen molar-refractivity contribution in [1.82, 2.24) is 29.5 Å². The number of hydrogen-bond acceptors (Lipinski definition) is 6. The summed E-state index contributed by atoms with van der Waals surface area (Å²) in [4.78, 5) is 8.39. The SMILES string of the molecule is Cc1c(-c2ccnc(N/N=C/c3ccn(CC(F)(F)F)n3)n2)cnn1C. The Morgan fingerprint density at radius 3 is 2.81 bits per heavy atom. The standard InChI is InChI=1S/C15H15F3N8/c1-10-12(8-21-25(10)2)13-3-5-19-14(22-13)23-20-7-11-4-6-26(24-11)9-15(16,17)18/h3-8H,9H2,1-2H3,(H,19,22,23)/b20-7+. The third-order valence-electron chi connectivity index (χ3n) is 3.53. The van der Waals surface area contributed by atoms with E-state index in [0.717, 1.165) is 15.9 Å². The Balaban J connectivity index is 1.68. The summed E-state index contributed by atoms with van der Waals surface area (Å²) in [6, 6.07) is 3.17. The van der Waals surface area contributed by atoms with Gasteiger partial charge >= 0.3 is 6.18 Å². The maximum Gasteiger partial charge on any atom is 0.408 e. The Hall–Kier alpha value is -3.24. The van der Waals surface area contributed by atoms with Crippen LogP contribution in [0.3, 0.4) is 0 Å². The minimum Gasteiger partial charge on any atom is -0.272 e. The molecule has 0 bridgehead atoms. The van der Waals surface area contributed by atoms with Crippen LogP contribution in [0, 0.1) is 6.92 Å². The molecule has 26 heavy (non-hydrogen) atoms. The van der Waals surface area contributed by atoms with E-state index in [0.29, 0.717) is 5.69 Å². The van der Waals surface area contributed by atoms with Gasteiger partial charge in [0.15, 0.2) is 0 Å². The minimum atomic E-state index is -4.32. The number of hydrazone groups is 1. The van der Waals surface area contributed by atoms with Crippen LogP contribution < -0.4 is 5.43 Å². The fraction of sp³-hybridized carbons (Fsp3) is 0.267. The van der Waals surface area contributed by atoms with Crippen molar-refractivity contribution < 1.29 is 13.2 Å². The lowest BCUT2D eigenvalue weighted by Gasteiger charge is -2.04. The van der Waals surface area contributed by atoms with E-state index >= 15 is 0 Å². The lowest BCUT2D eigenvalue weighted by atomic mass is 10.2. The van der Waals surface area contributed by atoms with Crippen molar-refractivity contribution in [1.29, 1.82) is 0 Å². The van der Waals surface area contributed by atoms with Gasteiger partial charge in [-0.1, -0.05) is 0 Å². The van der Waals surface area contributed by atoms with Crippen LogP contribution in [0.2, 0.25) is 0 Å². The van der Waals surface area contributed by atoms with Gasteiger partial charge in [0, 0.05) is 30.7 Å². The summed E-state index contributed by atoms with van der Waals surface area (Å²) in [6.45, 7) is 0.775. The molecular weight excluding hydrogens is 349 g/mol. The zero-order valence-electron chi connectivity index (χ0n) is 13.9. The number of rotatable bonds is 5. The van der Waals surface area contributed by atoms with Gasteiger partial charge in [-0.25, -0.2) is 15.4 Å². The first-order valence-electron chi connectivity index (χ1n) is 7.53. The van der Waals surface area contributed by atoms with E-state index in [1.165, 1.54) is 18.5 Å². The molecule has 0 aliphatic carbocycles. The second kappa shape index (κ2) is 6.94. The summed E-state index contributed by atoms with van der Waals surface area (Å²) in [5.74, 6) is 0.247. The van der Waals surface area contributed by atoms with Crippen LogP contribution in [0.15, 0.2) is 35.8 Å². The van der Waals surface area contributed by atoms with Gasteiger partial charge in [-0.05, 0) is 19.1 Å². The maximum absolute atomic E-state index is 12.3. The molecular formula is C15H15F3N8. The lowest BCUT2D eigenvalue weighted by molar-refractivity contribution is -0.142. The molecule has 11 heteroatoms. The Labute approximate surface area is 146 Å². The highest BCUT2D eigenvalue weighted by Gasteiger charge is 2.28. The number of nitrogens with zero attached hydrogens (tertiary/aromatic N) is 7. The molecule has 3 aromatic rings. The Morgan fingerprint density at radius 1 is 1.31 bits per heavy atom. The monoisotopic (exact) mass is 364 g/mol. The van der Waals surface area contributed by atoms with E-state index in [1.54, 1.807) is 23.1 Å². The highest BCUT2D eigenvalue weighted by molar-refractivity contribution is 5.77. The predicted molar refractivity (Wildman–Crippen MR) is 88.5 cm³/mol. The summed E-state index contributed by atoms with van der Waals surface area (Å²) in [5, 5.41) is 11.8. The van der Waals surface area contributed by atoms with E-state index in [-0.39, 0.29) is 11.6 Å². The average Bonchev–Trinajstić information content (AvgIpc) is 3.13. The molecule has 0 spiro atoms. The van der Waals surface area contributed by atoms with Crippen molar-refractivity contribution in [3.63, 3.8) is 0 Å². The first-order valence-corrected chi connectivity index (χ1v) is 7.53. The van der Waals surface area contributed by atoms with Gasteiger partial charge in [-0.2, -0.15) is 28.5 Å². The highest BCUT2D eigenvalue weighted by Crippen LogP contribution is 2.20. The van der Waals surface area contributed by atoms with Crippen molar-refractivity contribution in [3.8, 4) is 11.3 Å². The molecule has 0 amide bonds. The second-order valence-electron chi connectivity index (χ2n) is 5.46. The Bertz CT molecular complexity index is 925. The molecule has 3 heterocycles. The van der Waals surface area contributed by atoms with Crippen molar-refractivity contribution in [2.45, 2.75) is 19.6 Å². The lowest BCUT2D eigenvalue weighted by Crippen LogP contribution is -2.18. The molecule has 3 aromatic heterocycles. The second-order valence-corrected chi connectivity index (χ2v) is 5.46. The zero-order valence-corrected chi connectivity index (χ0v) is 13.9.